The molecule has 1 saturated heterocycles. The van der Waals surface area contributed by atoms with E-state index in [1.54, 1.807) is 0 Å². The SMILES string of the molecule is CCCNCCCN(C)CC1CCCO1. The zero-order valence-corrected chi connectivity index (χ0v) is 10.3. The number of hydrogen-bond donors (Lipinski definition) is 1. The lowest BCUT2D eigenvalue weighted by molar-refractivity contribution is 0.0809. The molecule has 3 heteroatoms. The second-order valence-corrected chi connectivity index (χ2v) is 4.50. The Morgan fingerprint density at radius 2 is 2.27 bits per heavy atom. The second-order valence-electron chi connectivity index (χ2n) is 4.50. The fraction of sp³-hybridized carbons (Fsp3) is 1.00. The summed E-state index contributed by atoms with van der Waals surface area (Å²) in [7, 11) is 2.20. The molecule has 0 bridgehead atoms. The Morgan fingerprint density at radius 3 is 2.93 bits per heavy atom. The van der Waals surface area contributed by atoms with Crippen molar-refractivity contribution in [2.24, 2.45) is 0 Å². The third kappa shape index (κ3) is 6.13. The van der Waals surface area contributed by atoms with E-state index in [0.29, 0.717) is 6.10 Å². The lowest BCUT2D eigenvalue weighted by Gasteiger charge is -2.20. The summed E-state index contributed by atoms with van der Waals surface area (Å²) >= 11 is 0. The smallest absolute Gasteiger partial charge is 0.0702 e. The summed E-state index contributed by atoms with van der Waals surface area (Å²) < 4.78 is 5.61. The zero-order valence-electron chi connectivity index (χ0n) is 10.3. The summed E-state index contributed by atoms with van der Waals surface area (Å²) in [5.41, 5.74) is 0. The minimum absolute atomic E-state index is 0.499. The van der Waals surface area contributed by atoms with Crippen LogP contribution in [0.1, 0.15) is 32.6 Å². The van der Waals surface area contributed by atoms with Gasteiger partial charge in [0.15, 0.2) is 0 Å². The molecule has 0 saturated carbocycles. The van der Waals surface area contributed by atoms with Crippen LogP contribution < -0.4 is 5.32 Å². The quantitative estimate of drug-likeness (QED) is 0.620. The molecule has 1 aliphatic heterocycles. The van der Waals surface area contributed by atoms with Crippen LogP contribution >= 0.6 is 0 Å². The Kier molecular flexibility index (Phi) is 6.98. The third-order valence-corrected chi connectivity index (χ3v) is 2.86. The van der Waals surface area contributed by atoms with Gasteiger partial charge in [-0.2, -0.15) is 0 Å². The Hall–Kier alpha value is -0.120. The fourth-order valence-corrected chi connectivity index (χ4v) is 2.00. The van der Waals surface area contributed by atoms with Gasteiger partial charge in [-0.3, -0.25) is 0 Å². The molecule has 0 radical (unpaired) electrons. The average Bonchev–Trinajstić information content (AvgIpc) is 2.70. The van der Waals surface area contributed by atoms with E-state index < -0.39 is 0 Å². The largest absolute Gasteiger partial charge is 0.377 e. The van der Waals surface area contributed by atoms with Crippen molar-refractivity contribution in [1.82, 2.24) is 10.2 Å². The average molecular weight is 214 g/mol. The third-order valence-electron chi connectivity index (χ3n) is 2.86. The minimum atomic E-state index is 0.499. The number of hydrogen-bond acceptors (Lipinski definition) is 3. The molecule has 1 atom stereocenters. The molecular formula is C12H26N2O. The van der Waals surface area contributed by atoms with Gasteiger partial charge in [-0.25, -0.2) is 0 Å². The van der Waals surface area contributed by atoms with Crippen molar-refractivity contribution in [3.63, 3.8) is 0 Å². The van der Waals surface area contributed by atoms with Crippen molar-refractivity contribution < 1.29 is 4.74 Å². The van der Waals surface area contributed by atoms with Gasteiger partial charge in [0, 0.05) is 13.2 Å². The van der Waals surface area contributed by atoms with E-state index in [-0.39, 0.29) is 0 Å². The molecule has 1 fully saturated rings. The molecule has 1 rings (SSSR count). The normalized spacial score (nSPS) is 21.4. The first-order chi connectivity index (χ1) is 7.33. The van der Waals surface area contributed by atoms with Crippen molar-refractivity contribution in [2.75, 3.05) is 39.8 Å². The van der Waals surface area contributed by atoms with E-state index in [1.807, 2.05) is 0 Å². The maximum atomic E-state index is 5.61. The number of nitrogens with one attached hydrogen (secondary N) is 1. The fourth-order valence-electron chi connectivity index (χ4n) is 2.00. The Morgan fingerprint density at radius 1 is 1.40 bits per heavy atom. The van der Waals surface area contributed by atoms with Crippen molar-refractivity contribution in [2.45, 2.75) is 38.7 Å². The van der Waals surface area contributed by atoms with Crippen LogP contribution in [0.2, 0.25) is 0 Å². The molecule has 90 valence electrons. The summed E-state index contributed by atoms with van der Waals surface area (Å²) in [6, 6.07) is 0. The van der Waals surface area contributed by atoms with Gasteiger partial charge < -0.3 is 15.0 Å². The summed E-state index contributed by atoms with van der Waals surface area (Å²) in [6.07, 6.45) is 5.46. The van der Waals surface area contributed by atoms with E-state index in [0.717, 1.165) is 26.2 Å². The van der Waals surface area contributed by atoms with Crippen LogP contribution in [0.15, 0.2) is 0 Å². The zero-order chi connectivity index (χ0) is 10.9. The first-order valence-electron chi connectivity index (χ1n) is 6.33. The molecule has 1 heterocycles. The Balaban J connectivity index is 1.91. The van der Waals surface area contributed by atoms with Gasteiger partial charge in [0.05, 0.1) is 6.10 Å². The monoisotopic (exact) mass is 214 g/mol. The van der Waals surface area contributed by atoms with E-state index >= 15 is 0 Å². The molecule has 0 spiro atoms. The van der Waals surface area contributed by atoms with Gasteiger partial charge in [0.2, 0.25) is 0 Å². The Bertz CT molecular complexity index is 147. The van der Waals surface area contributed by atoms with Gasteiger partial charge in [-0.15, -0.1) is 0 Å². The Labute approximate surface area is 94.2 Å². The summed E-state index contributed by atoms with van der Waals surface area (Å²) in [6.45, 7) is 7.75. The first kappa shape index (κ1) is 12.9. The highest BCUT2D eigenvalue weighted by Gasteiger charge is 2.16. The molecule has 0 amide bonds. The van der Waals surface area contributed by atoms with Crippen LogP contribution in [0.25, 0.3) is 0 Å². The first-order valence-corrected chi connectivity index (χ1v) is 6.33. The summed E-state index contributed by atoms with van der Waals surface area (Å²) in [5.74, 6) is 0. The second kappa shape index (κ2) is 8.08. The van der Waals surface area contributed by atoms with Gasteiger partial charge >= 0.3 is 0 Å². The highest BCUT2D eigenvalue weighted by molar-refractivity contribution is 4.68. The molecule has 1 aliphatic rings. The lowest BCUT2D eigenvalue weighted by Crippen LogP contribution is -2.31. The summed E-state index contributed by atoms with van der Waals surface area (Å²) in [4.78, 5) is 2.39. The molecule has 1 N–H and O–H groups in total. The topological polar surface area (TPSA) is 24.5 Å². The van der Waals surface area contributed by atoms with Gasteiger partial charge in [-0.1, -0.05) is 6.92 Å². The highest BCUT2D eigenvalue weighted by Crippen LogP contribution is 2.12. The standard InChI is InChI=1S/C12H26N2O/c1-3-7-13-8-5-9-14(2)11-12-6-4-10-15-12/h12-13H,3-11H2,1-2H3. The maximum absolute atomic E-state index is 5.61. The molecule has 3 nitrogen and oxygen atoms in total. The van der Waals surface area contributed by atoms with Crippen molar-refractivity contribution in [3.05, 3.63) is 0 Å². The van der Waals surface area contributed by atoms with Gasteiger partial charge in [-0.05, 0) is 52.4 Å². The van der Waals surface area contributed by atoms with Crippen LogP contribution in [-0.2, 0) is 4.74 Å². The highest BCUT2D eigenvalue weighted by atomic mass is 16.5. The predicted octanol–water partition coefficient (Wildman–Crippen LogP) is 1.49. The van der Waals surface area contributed by atoms with Crippen LogP contribution in [0.4, 0.5) is 0 Å². The predicted molar refractivity (Wildman–Crippen MR) is 64.2 cm³/mol. The van der Waals surface area contributed by atoms with E-state index in [1.165, 1.54) is 32.2 Å². The molecule has 1 unspecified atom stereocenters. The molecule has 0 aliphatic carbocycles. The van der Waals surface area contributed by atoms with Crippen molar-refractivity contribution in [3.8, 4) is 0 Å². The van der Waals surface area contributed by atoms with Gasteiger partial charge in [0.1, 0.15) is 0 Å². The lowest BCUT2D eigenvalue weighted by atomic mass is 10.2. The van der Waals surface area contributed by atoms with E-state index in [2.05, 4.69) is 24.2 Å². The van der Waals surface area contributed by atoms with Gasteiger partial charge in [0.25, 0.3) is 0 Å². The number of rotatable bonds is 8. The molecule has 15 heavy (non-hydrogen) atoms. The molecular weight excluding hydrogens is 188 g/mol. The molecule has 0 aromatic heterocycles. The molecule has 0 aromatic carbocycles. The van der Waals surface area contributed by atoms with Crippen LogP contribution in [0, 0.1) is 0 Å². The van der Waals surface area contributed by atoms with Crippen LogP contribution in [0.3, 0.4) is 0 Å². The van der Waals surface area contributed by atoms with E-state index in [4.69, 9.17) is 4.74 Å². The maximum Gasteiger partial charge on any atom is 0.0702 e. The summed E-state index contributed by atoms with van der Waals surface area (Å²) in [5, 5.41) is 3.43. The van der Waals surface area contributed by atoms with E-state index in [9.17, 15) is 0 Å². The van der Waals surface area contributed by atoms with Crippen molar-refractivity contribution in [1.29, 1.82) is 0 Å². The van der Waals surface area contributed by atoms with Crippen LogP contribution in [-0.4, -0.2) is 50.8 Å². The number of ether oxygens (including phenoxy) is 1. The molecule has 0 aromatic rings. The van der Waals surface area contributed by atoms with Crippen molar-refractivity contribution >= 4 is 0 Å². The minimum Gasteiger partial charge on any atom is -0.377 e. The number of likely N-dealkylation sites (N-methyl/N-ethyl adjacent to an activating group) is 1. The number of nitrogens with zero attached hydrogens (tertiary/aromatic N) is 1. The van der Waals surface area contributed by atoms with Crippen LogP contribution in [0.5, 0.6) is 0 Å².